The average Bonchev–Trinajstić information content (AvgIpc) is 3.08. The van der Waals surface area contributed by atoms with Crippen molar-refractivity contribution in [3.63, 3.8) is 0 Å². The van der Waals surface area contributed by atoms with Crippen LogP contribution in [-0.2, 0) is 0 Å². The lowest BCUT2D eigenvalue weighted by Gasteiger charge is -2.65. The lowest BCUT2D eigenvalue weighted by Crippen LogP contribution is -2.68. The molecule has 3 heteroatoms. The lowest BCUT2D eigenvalue weighted by molar-refractivity contribution is -0.264. The van der Waals surface area contributed by atoms with E-state index in [0.717, 1.165) is 42.9 Å². The standard InChI is InChI=1S/C29H52O3/c1-7-20(18(2)3)9-8-19(4)23-10-11-24-22-16-26(31)29(32)17-21(30)12-15-28(29,6)25(22)13-14-27(23,24)5/h18-26,30-32H,7-17H2,1-6H3/t19-,20-,21+,22+,23-,24-,25+,26-,27-,28-,29+/m1/s1. The Kier molecular flexibility index (Phi) is 6.89. The van der Waals surface area contributed by atoms with E-state index in [0.29, 0.717) is 29.6 Å². The first kappa shape index (κ1) is 25.0. The van der Waals surface area contributed by atoms with Gasteiger partial charge in [0.2, 0.25) is 0 Å². The number of aliphatic hydroxyl groups is 3. The smallest absolute Gasteiger partial charge is 0.0985 e. The summed E-state index contributed by atoms with van der Waals surface area (Å²) in [7, 11) is 0. The molecule has 4 aliphatic rings. The van der Waals surface area contributed by atoms with Gasteiger partial charge in [0.05, 0.1) is 17.8 Å². The Hall–Kier alpha value is -0.120. The minimum Gasteiger partial charge on any atom is -0.393 e. The van der Waals surface area contributed by atoms with E-state index in [1.165, 1.54) is 44.9 Å². The topological polar surface area (TPSA) is 60.7 Å². The third-order valence-corrected chi connectivity index (χ3v) is 12.1. The van der Waals surface area contributed by atoms with Crippen LogP contribution in [-0.4, -0.2) is 33.1 Å². The average molecular weight is 449 g/mol. The second kappa shape index (κ2) is 8.83. The van der Waals surface area contributed by atoms with Crippen molar-refractivity contribution < 1.29 is 15.3 Å². The molecule has 0 amide bonds. The molecule has 3 N–H and O–H groups in total. The van der Waals surface area contributed by atoms with Gasteiger partial charge >= 0.3 is 0 Å². The van der Waals surface area contributed by atoms with Crippen molar-refractivity contribution in [2.75, 3.05) is 0 Å². The van der Waals surface area contributed by atoms with Gasteiger partial charge in [0.15, 0.2) is 0 Å². The third kappa shape index (κ3) is 3.72. The van der Waals surface area contributed by atoms with Crippen LogP contribution in [0.5, 0.6) is 0 Å². The number of rotatable bonds is 6. The largest absolute Gasteiger partial charge is 0.393 e. The van der Waals surface area contributed by atoms with Crippen molar-refractivity contribution in [2.45, 2.75) is 130 Å². The van der Waals surface area contributed by atoms with E-state index in [1.807, 2.05) is 0 Å². The maximum atomic E-state index is 11.7. The Morgan fingerprint density at radius 1 is 0.906 bits per heavy atom. The van der Waals surface area contributed by atoms with E-state index in [4.69, 9.17) is 0 Å². The van der Waals surface area contributed by atoms with Crippen molar-refractivity contribution in [3.8, 4) is 0 Å². The quantitative estimate of drug-likeness (QED) is 0.454. The molecule has 0 aliphatic heterocycles. The molecular weight excluding hydrogens is 396 g/mol. The highest BCUT2D eigenvalue weighted by atomic mass is 16.3. The van der Waals surface area contributed by atoms with E-state index in [1.54, 1.807) is 0 Å². The van der Waals surface area contributed by atoms with Crippen LogP contribution in [0.3, 0.4) is 0 Å². The van der Waals surface area contributed by atoms with Gasteiger partial charge in [0, 0.05) is 11.8 Å². The fraction of sp³-hybridized carbons (Fsp3) is 1.00. The highest BCUT2D eigenvalue weighted by Crippen LogP contribution is 2.69. The van der Waals surface area contributed by atoms with Crippen LogP contribution < -0.4 is 0 Å². The predicted molar refractivity (Wildman–Crippen MR) is 131 cm³/mol. The van der Waals surface area contributed by atoms with Gasteiger partial charge in [-0.3, -0.25) is 0 Å². The van der Waals surface area contributed by atoms with Crippen LogP contribution in [0.15, 0.2) is 0 Å². The normalized spacial score (nSPS) is 50.4. The van der Waals surface area contributed by atoms with Crippen LogP contribution in [0.25, 0.3) is 0 Å². The zero-order chi connectivity index (χ0) is 23.5. The van der Waals surface area contributed by atoms with Gasteiger partial charge in [0.1, 0.15) is 0 Å². The Labute approximate surface area is 197 Å². The van der Waals surface area contributed by atoms with Crippen LogP contribution >= 0.6 is 0 Å². The van der Waals surface area contributed by atoms with Gasteiger partial charge in [0.25, 0.3) is 0 Å². The molecule has 0 aromatic rings. The molecule has 0 heterocycles. The number of aliphatic hydroxyl groups excluding tert-OH is 2. The maximum absolute atomic E-state index is 11.7. The first-order valence-corrected chi connectivity index (χ1v) is 14.1. The van der Waals surface area contributed by atoms with Crippen molar-refractivity contribution in [3.05, 3.63) is 0 Å². The summed E-state index contributed by atoms with van der Waals surface area (Å²) in [5.41, 5.74) is -0.984. The summed E-state index contributed by atoms with van der Waals surface area (Å²) in [6.45, 7) is 14.5. The monoisotopic (exact) mass is 448 g/mol. The fourth-order valence-electron chi connectivity index (χ4n) is 9.92. The Morgan fingerprint density at radius 3 is 2.28 bits per heavy atom. The van der Waals surface area contributed by atoms with Crippen molar-refractivity contribution in [2.24, 2.45) is 52.3 Å². The lowest BCUT2D eigenvalue weighted by atomic mass is 9.42. The number of hydrogen-bond acceptors (Lipinski definition) is 3. The number of hydrogen-bond donors (Lipinski definition) is 3. The molecule has 0 aromatic carbocycles. The fourth-order valence-corrected chi connectivity index (χ4v) is 9.92. The van der Waals surface area contributed by atoms with E-state index in [-0.39, 0.29) is 5.41 Å². The van der Waals surface area contributed by atoms with Crippen LogP contribution in [0.1, 0.15) is 112 Å². The molecular formula is C29H52O3. The minimum atomic E-state index is -1.11. The molecule has 4 aliphatic carbocycles. The van der Waals surface area contributed by atoms with Gasteiger partial charge < -0.3 is 15.3 Å². The molecule has 11 atom stereocenters. The summed E-state index contributed by atoms with van der Waals surface area (Å²) in [6.07, 6.45) is 10.7. The zero-order valence-corrected chi connectivity index (χ0v) is 21.8. The minimum absolute atomic E-state index is 0.259. The molecule has 0 unspecified atom stereocenters. The summed E-state index contributed by atoms with van der Waals surface area (Å²) < 4.78 is 0. The SMILES string of the molecule is CC[C@H](CC[C@@H](C)[C@H]1CC[C@@H]2[C@@H]3C[C@@H](O)[C@@]4(O)C[C@@H](O)CC[C@]4(C)[C@H]3CC[C@@]21C)C(C)C. The maximum Gasteiger partial charge on any atom is 0.0985 e. The van der Waals surface area contributed by atoms with Crippen molar-refractivity contribution in [1.82, 2.24) is 0 Å². The summed E-state index contributed by atoms with van der Waals surface area (Å²) in [5.74, 6) is 4.92. The molecule has 0 saturated heterocycles. The molecule has 32 heavy (non-hydrogen) atoms. The molecule has 0 aromatic heterocycles. The Morgan fingerprint density at radius 2 is 1.62 bits per heavy atom. The molecule has 0 spiro atoms. The Balaban J connectivity index is 1.51. The van der Waals surface area contributed by atoms with E-state index in [9.17, 15) is 15.3 Å². The molecule has 4 rings (SSSR count). The van der Waals surface area contributed by atoms with Gasteiger partial charge in [-0.25, -0.2) is 0 Å². The molecule has 4 saturated carbocycles. The summed E-state index contributed by atoms with van der Waals surface area (Å²) in [5, 5.41) is 33.2. The molecule has 4 fully saturated rings. The van der Waals surface area contributed by atoms with Gasteiger partial charge in [-0.1, -0.05) is 54.4 Å². The number of fused-ring (bicyclic) bond motifs is 5. The first-order valence-electron chi connectivity index (χ1n) is 14.1. The highest BCUT2D eigenvalue weighted by Gasteiger charge is 2.67. The first-order chi connectivity index (χ1) is 15.0. The van der Waals surface area contributed by atoms with Crippen LogP contribution in [0, 0.1) is 52.3 Å². The van der Waals surface area contributed by atoms with E-state index in [2.05, 4.69) is 41.5 Å². The van der Waals surface area contributed by atoms with E-state index < -0.39 is 17.8 Å². The molecule has 0 bridgehead atoms. The highest BCUT2D eigenvalue weighted by molar-refractivity contribution is 5.17. The Bertz CT molecular complexity index is 663. The van der Waals surface area contributed by atoms with Gasteiger partial charge in [-0.05, 0) is 98.2 Å². The summed E-state index contributed by atoms with van der Waals surface area (Å²) >= 11 is 0. The molecule has 186 valence electrons. The van der Waals surface area contributed by atoms with Crippen LogP contribution in [0.4, 0.5) is 0 Å². The van der Waals surface area contributed by atoms with Crippen LogP contribution in [0.2, 0.25) is 0 Å². The van der Waals surface area contributed by atoms with Crippen molar-refractivity contribution in [1.29, 1.82) is 0 Å². The second-order valence-electron chi connectivity index (χ2n) is 13.6. The summed E-state index contributed by atoms with van der Waals surface area (Å²) in [6, 6.07) is 0. The third-order valence-electron chi connectivity index (χ3n) is 12.1. The summed E-state index contributed by atoms with van der Waals surface area (Å²) in [4.78, 5) is 0. The van der Waals surface area contributed by atoms with Crippen molar-refractivity contribution >= 4 is 0 Å². The molecule has 0 radical (unpaired) electrons. The zero-order valence-electron chi connectivity index (χ0n) is 21.8. The second-order valence-corrected chi connectivity index (χ2v) is 13.6. The predicted octanol–water partition coefficient (Wildman–Crippen LogP) is 6.19. The van der Waals surface area contributed by atoms with Gasteiger partial charge in [-0.2, -0.15) is 0 Å². The van der Waals surface area contributed by atoms with E-state index >= 15 is 0 Å². The van der Waals surface area contributed by atoms with Gasteiger partial charge in [-0.15, -0.1) is 0 Å². The molecule has 3 nitrogen and oxygen atoms in total.